The third-order valence-electron chi connectivity index (χ3n) is 8.92. The molecule has 2 fully saturated rings. The second kappa shape index (κ2) is 13.6. The molecule has 0 aliphatic carbocycles. The number of unbranched alkanes of at least 4 members (excludes halogenated alkanes) is 3. The lowest BCUT2D eigenvalue weighted by atomic mass is 9.92. The van der Waals surface area contributed by atoms with E-state index in [0.717, 1.165) is 73.5 Å². The van der Waals surface area contributed by atoms with Crippen molar-refractivity contribution in [3.63, 3.8) is 0 Å². The van der Waals surface area contributed by atoms with Gasteiger partial charge in [-0.15, -0.1) is 0 Å². The number of amides is 4. The van der Waals surface area contributed by atoms with Gasteiger partial charge >= 0.3 is 12.1 Å². The number of carbonyl (C=O) groups is 2. The minimum absolute atomic E-state index is 0.0443. The number of hydrogen-bond donors (Lipinski definition) is 2. The van der Waals surface area contributed by atoms with Crippen LogP contribution in [0.4, 0.5) is 18.4 Å². The van der Waals surface area contributed by atoms with E-state index in [0.29, 0.717) is 50.4 Å². The Bertz CT molecular complexity index is 1470. The molecule has 2 N–H and O–H groups in total. The number of rotatable bonds is 9. The van der Waals surface area contributed by atoms with E-state index >= 15 is 0 Å². The van der Waals surface area contributed by atoms with E-state index in [9.17, 15) is 18.4 Å². The zero-order chi connectivity index (χ0) is 30.5. The third kappa shape index (κ3) is 6.79. The van der Waals surface area contributed by atoms with Gasteiger partial charge in [0.15, 0.2) is 11.2 Å². The standard InChI is InChI=1S/C32H38F2N6O4/c33-23-5-7-25-27(19-23)43-37-29(25)21-9-15-39(16-10-21)31(41)35-13-3-1-2-4-14-36-32(42)40-17-11-22(12-18-40)30-26-8-6-24(34)20-28(26)44-38-30/h5-8,19-22H,1-4,9-18H2,(H,35,41)(H,36,42). The van der Waals surface area contributed by atoms with Crippen LogP contribution < -0.4 is 10.6 Å². The largest absolute Gasteiger partial charge is 0.356 e. The second-order valence-electron chi connectivity index (χ2n) is 11.8. The first-order valence-corrected chi connectivity index (χ1v) is 15.6. The average Bonchev–Trinajstić information content (AvgIpc) is 3.66. The lowest BCUT2D eigenvalue weighted by Gasteiger charge is -2.31. The predicted octanol–water partition coefficient (Wildman–Crippen LogP) is 6.29. The molecule has 2 aliphatic rings. The molecule has 0 saturated carbocycles. The number of urea groups is 2. The Morgan fingerprint density at radius 2 is 1.09 bits per heavy atom. The first-order chi connectivity index (χ1) is 21.5. The molecule has 6 rings (SSSR count). The summed E-state index contributed by atoms with van der Waals surface area (Å²) in [7, 11) is 0. The zero-order valence-electron chi connectivity index (χ0n) is 24.7. The highest BCUT2D eigenvalue weighted by Gasteiger charge is 2.28. The number of piperidine rings is 2. The average molecular weight is 609 g/mol. The minimum Gasteiger partial charge on any atom is -0.356 e. The normalized spacial score (nSPS) is 16.6. The molecule has 0 atom stereocenters. The summed E-state index contributed by atoms with van der Waals surface area (Å²) < 4.78 is 37.5. The van der Waals surface area contributed by atoms with Crippen LogP contribution in [-0.2, 0) is 0 Å². The van der Waals surface area contributed by atoms with Gasteiger partial charge in [0.1, 0.15) is 11.6 Å². The van der Waals surface area contributed by atoms with Gasteiger partial charge in [0.05, 0.1) is 11.4 Å². The summed E-state index contributed by atoms with van der Waals surface area (Å²) in [6, 6.07) is 8.87. The van der Waals surface area contributed by atoms with Crippen LogP contribution in [0.5, 0.6) is 0 Å². The van der Waals surface area contributed by atoms with E-state index < -0.39 is 0 Å². The monoisotopic (exact) mass is 608 g/mol. The maximum Gasteiger partial charge on any atom is 0.317 e. The van der Waals surface area contributed by atoms with Crippen LogP contribution in [0, 0.1) is 11.6 Å². The minimum atomic E-state index is -0.346. The van der Waals surface area contributed by atoms with Gasteiger partial charge in [0, 0.05) is 74.0 Å². The summed E-state index contributed by atoms with van der Waals surface area (Å²) >= 11 is 0. The molecule has 44 heavy (non-hydrogen) atoms. The van der Waals surface area contributed by atoms with Crippen LogP contribution in [0.2, 0.25) is 0 Å². The molecular formula is C32H38F2N6O4. The van der Waals surface area contributed by atoms with Crippen LogP contribution in [0.25, 0.3) is 21.9 Å². The van der Waals surface area contributed by atoms with E-state index in [1.807, 2.05) is 9.80 Å². The Hall–Kier alpha value is -4.22. The van der Waals surface area contributed by atoms with Gasteiger partial charge in [-0.3, -0.25) is 0 Å². The predicted molar refractivity (Wildman–Crippen MR) is 160 cm³/mol. The van der Waals surface area contributed by atoms with Crippen LogP contribution in [-0.4, -0.2) is 71.4 Å². The molecule has 2 aromatic heterocycles. The lowest BCUT2D eigenvalue weighted by molar-refractivity contribution is 0.179. The summed E-state index contributed by atoms with van der Waals surface area (Å²) in [6.07, 6.45) is 6.87. The van der Waals surface area contributed by atoms with E-state index in [4.69, 9.17) is 9.05 Å². The summed E-state index contributed by atoms with van der Waals surface area (Å²) in [6.45, 7) is 3.80. The maximum absolute atomic E-state index is 13.4. The van der Waals surface area contributed by atoms with E-state index in [-0.39, 0.29) is 35.5 Å². The van der Waals surface area contributed by atoms with Gasteiger partial charge < -0.3 is 29.5 Å². The van der Waals surface area contributed by atoms with Crippen LogP contribution in [0.1, 0.15) is 74.6 Å². The second-order valence-corrected chi connectivity index (χ2v) is 11.8. The highest BCUT2D eigenvalue weighted by Crippen LogP contribution is 2.34. The number of fused-ring (bicyclic) bond motifs is 2. The fraction of sp³-hybridized carbons (Fsp3) is 0.500. The molecule has 10 nitrogen and oxygen atoms in total. The van der Waals surface area contributed by atoms with Crippen molar-refractivity contribution in [1.82, 2.24) is 30.7 Å². The van der Waals surface area contributed by atoms with E-state index in [1.165, 1.54) is 24.3 Å². The summed E-state index contributed by atoms with van der Waals surface area (Å²) in [5, 5.41) is 16.1. The molecular weight excluding hydrogens is 570 g/mol. The number of hydrogen-bond acceptors (Lipinski definition) is 6. The number of carbonyl (C=O) groups excluding carboxylic acids is 2. The fourth-order valence-electron chi connectivity index (χ4n) is 6.38. The van der Waals surface area contributed by atoms with Crippen molar-refractivity contribution >= 4 is 34.0 Å². The molecule has 0 bridgehead atoms. The lowest BCUT2D eigenvalue weighted by Crippen LogP contribution is -2.44. The topological polar surface area (TPSA) is 117 Å². The van der Waals surface area contributed by atoms with E-state index in [1.54, 1.807) is 12.1 Å². The number of halogens is 2. The van der Waals surface area contributed by atoms with Crippen molar-refractivity contribution < 1.29 is 27.4 Å². The third-order valence-corrected chi connectivity index (χ3v) is 8.92. The summed E-state index contributed by atoms with van der Waals surface area (Å²) in [5.74, 6) is -0.318. The molecule has 4 heterocycles. The number of nitrogens with one attached hydrogen (secondary N) is 2. The maximum atomic E-state index is 13.4. The first-order valence-electron chi connectivity index (χ1n) is 15.6. The highest BCUT2D eigenvalue weighted by atomic mass is 19.1. The smallest absolute Gasteiger partial charge is 0.317 e. The molecule has 0 unspecified atom stereocenters. The molecule has 4 amide bonds. The highest BCUT2D eigenvalue weighted by molar-refractivity contribution is 5.81. The fourth-order valence-corrected chi connectivity index (χ4v) is 6.38. The van der Waals surface area contributed by atoms with Crippen LogP contribution >= 0.6 is 0 Å². The SMILES string of the molecule is O=C(NCCCCCCNC(=O)N1CCC(c2noc3cc(F)ccc23)CC1)N1CCC(c2noc3cc(F)ccc23)CC1. The van der Waals surface area contributed by atoms with Gasteiger partial charge in [-0.2, -0.15) is 0 Å². The van der Waals surface area contributed by atoms with Crippen molar-refractivity contribution in [3.8, 4) is 0 Å². The number of likely N-dealkylation sites (tertiary alicyclic amines) is 2. The van der Waals surface area contributed by atoms with Crippen molar-refractivity contribution in [2.75, 3.05) is 39.3 Å². The summed E-state index contributed by atoms with van der Waals surface area (Å²) in [5.41, 5.74) is 2.60. The Balaban J connectivity index is 0.810. The van der Waals surface area contributed by atoms with E-state index in [2.05, 4.69) is 20.9 Å². The van der Waals surface area contributed by atoms with Gasteiger partial charge in [0.2, 0.25) is 0 Å². The molecule has 2 saturated heterocycles. The quantitative estimate of drug-likeness (QED) is 0.216. The Morgan fingerprint density at radius 1 is 0.682 bits per heavy atom. The molecule has 2 aliphatic heterocycles. The molecule has 4 aromatic rings. The molecule has 12 heteroatoms. The van der Waals surface area contributed by atoms with Gasteiger partial charge in [-0.1, -0.05) is 23.2 Å². The number of benzene rings is 2. The van der Waals surface area contributed by atoms with Crippen LogP contribution in [0.3, 0.4) is 0 Å². The zero-order valence-corrected chi connectivity index (χ0v) is 24.7. The van der Waals surface area contributed by atoms with Crippen molar-refractivity contribution in [1.29, 1.82) is 0 Å². The Morgan fingerprint density at radius 3 is 1.50 bits per heavy atom. The Labute approximate surface area is 254 Å². The van der Waals surface area contributed by atoms with Crippen LogP contribution in [0.15, 0.2) is 45.4 Å². The summed E-state index contributed by atoms with van der Waals surface area (Å²) in [4.78, 5) is 28.9. The number of aromatic nitrogens is 2. The van der Waals surface area contributed by atoms with Crippen molar-refractivity contribution in [3.05, 3.63) is 59.4 Å². The van der Waals surface area contributed by atoms with Gasteiger partial charge in [-0.05, 0) is 62.8 Å². The Kier molecular flexibility index (Phi) is 9.23. The van der Waals surface area contributed by atoms with Gasteiger partial charge in [0.25, 0.3) is 0 Å². The number of nitrogens with zero attached hydrogens (tertiary/aromatic N) is 4. The molecule has 0 radical (unpaired) electrons. The van der Waals surface area contributed by atoms with Crippen molar-refractivity contribution in [2.45, 2.75) is 63.2 Å². The van der Waals surface area contributed by atoms with Gasteiger partial charge in [-0.25, -0.2) is 18.4 Å². The molecule has 2 aromatic carbocycles. The molecule has 0 spiro atoms. The first kappa shape index (κ1) is 29.8. The molecule has 234 valence electrons. The van der Waals surface area contributed by atoms with Crippen molar-refractivity contribution in [2.24, 2.45) is 0 Å².